The van der Waals surface area contributed by atoms with E-state index in [-0.39, 0.29) is 11.4 Å². The number of rotatable bonds is 6. The number of carbonyl (C=O) groups is 1. The lowest BCUT2D eigenvalue weighted by Crippen LogP contribution is -2.06. The van der Waals surface area contributed by atoms with Gasteiger partial charge in [-0.05, 0) is 40.4 Å². The maximum absolute atomic E-state index is 10.9. The van der Waals surface area contributed by atoms with E-state index in [9.17, 15) is 4.79 Å². The predicted molar refractivity (Wildman–Crippen MR) is 67.4 cm³/mol. The van der Waals surface area contributed by atoms with Crippen LogP contribution in [0, 0.1) is 0 Å². The Morgan fingerprint density at radius 3 is 3.06 bits per heavy atom. The SMILES string of the molecule is CSCCCOc1ncc(Br)cc1C(=O)O. The van der Waals surface area contributed by atoms with Crippen LogP contribution in [0.2, 0.25) is 0 Å². The molecule has 1 heterocycles. The van der Waals surface area contributed by atoms with Gasteiger partial charge in [0, 0.05) is 10.7 Å². The van der Waals surface area contributed by atoms with E-state index in [1.165, 1.54) is 12.3 Å². The number of carboxylic acid groups (broad SMARTS) is 1. The van der Waals surface area contributed by atoms with Crippen LogP contribution >= 0.6 is 27.7 Å². The highest BCUT2D eigenvalue weighted by molar-refractivity contribution is 9.10. The zero-order chi connectivity index (χ0) is 12.0. The number of aromatic carboxylic acids is 1. The molecule has 0 saturated heterocycles. The first-order valence-corrected chi connectivity index (χ1v) is 6.84. The molecular formula is C10H12BrNO3S. The van der Waals surface area contributed by atoms with Crippen LogP contribution < -0.4 is 4.74 Å². The Labute approximate surface area is 107 Å². The molecule has 1 aromatic rings. The van der Waals surface area contributed by atoms with E-state index in [4.69, 9.17) is 9.84 Å². The van der Waals surface area contributed by atoms with E-state index < -0.39 is 5.97 Å². The molecule has 0 radical (unpaired) electrons. The summed E-state index contributed by atoms with van der Waals surface area (Å²) in [5, 5.41) is 8.95. The summed E-state index contributed by atoms with van der Waals surface area (Å²) in [6.45, 7) is 0.482. The number of pyridine rings is 1. The van der Waals surface area contributed by atoms with Gasteiger partial charge < -0.3 is 9.84 Å². The van der Waals surface area contributed by atoms with Gasteiger partial charge in [0.1, 0.15) is 5.56 Å². The lowest BCUT2D eigenvalue weighted by molar-refractivity contribution is 0.0691. The molecule has 0 bridgehead atoms. The Hall–Kier alpha value is -0.750. The third-order valence-electron chi connectivity index (χ3n) is 1.78. The van der Waals surface area contributed by atoms with Gasteiger partial charge >= 0.3 is 5.97 Å². The van der Waals surface area contributed by atoms with E-state index in [1.807, 2.05) is 6.26 Å². The fraction of sp³-hybridized carbons (Fsp3) is 0.400. The minimum absolute atomic E-state index is 0.0820. The number of ether oxygens (including phenoxy) is 1. The Kier molecular flexibility index (Phi) is 5.62. The number of carboxylic acids is 1. The summed E-state index contributed by atoms with van der Waals surface area (Å²) in [7, 11) is 0. The average molecular weight is 306 g/mol. The summed E-state index contributed by atoms with van der Waals surface area (Å²) < 4.78 is 5.96. The number of aromatic nitrogens is 1. The largest absolute Gasteiger partial charge is 0.477 e. The van der Waals surface area contributed by atoms with Gasteiger partial charge in [-0.3, -0.25) is 0 Å². The van der Waals surface area contributed by atoms with Crippen molar-refractivity contribution in [1.29, 1.82) is 0 Å². The molecule has 1 aromatic heterocycles. The lowest BCUT2D eigenvalue weighted by atomic mass is 10.3. The molecule has 0 fully saturated rings. The van der Waals surface area contributed by atoms with E-state index in [2.05, 4.69) is 20.9 Å². The zero-order valence-electron chi connectivity index (χ0n) is 8.77. The Morgan fingerprint density at radius 1 is 1.69 bits per heavy atom. The second kappa shape index (κ2) is 6.75. The van der Waals surface area contributed by atoms with Crippen LogP contribution in [-0.2, 0) is 0 Å². The van der Waals surface area contributed by atoms with Crippen molar-refractivity contribution in [1.82, 2.24) is 4.98 Å². The summed E-state index contributed by atoms with van der Waals surface area (Å²) in [6, 6.07) is 1.49. The van der Waals surface area contributed by atoms with Gasteiger partial charge in [-0.15, -0.1) is 0 Å². The Bertz CT molecular complexity index is 373. The standard InChI is InChI=1S/C10H12BrNO3S/c1-16-4-2-3-15-9-8(10(13)14)5-7(11)6-12-9/h5-6H,2-4H2,1H3,(H,13,14). The minimum atomic E-state index is -1.03. The van der Waals surface area contributed by atoms with Gasteiger partial charge in [0.25, 0.3) is 0 Å². The first-order valence-electron chi connectivity index (χ1n) is 4.65. The Morgan fingerprint density at radius 2 is 2.44 bits per heavy atom. The molecule has 0 aliphatic rings. The molecule has 16 heavy (non-hydrogen) atoms. The van der Waals surface area contributed by atoms with Crippen LogP contribution in [0.4, 0.5) is 0 Å². The van der Waals surface area contributed by atoms with Gasteiger partial charge in [0.15, 0.2) is 0 Å². The highest BCUT2D eigenvalue weighted by atomic mass is 79.9. The van der Waals surface area contributed by atoms with Crippen LogP contribution in [0.25, 0.3) is 0 Å². The normalized spacial score (nSPS) is 10.1. The summed E-state index contributed by atoms with van der Waals surface area (Å²) in [5.74, 6) is 0.129. The molecule has 0 saturated carbocycles. The molecule has 0 spiro atoms. The second-order valence-corrected chi connectivity index (χ2v) is 4.91. The van der Waals surface area contributed by atoms with Crippen molar-refractivity contribution in [2.24, 2.45) is 0 Å². The number of hydrogen-bond acceptors (Lipinski definition) is 4. The van der Waals surface area contributed by atoms with Gasteiger partial charge in [0.05, 0.1) is 6.61 Å². The predicted octanol–water partition coefficient (Wildman–Crippen LogP) is 2.67. The van der Waals surface area contributed by atoms with Gasteiger partial charge in [-0.2, -0.15) is 11.8 Å². The lowest BCUT2D eigenvalue weighted by Gasteiger charge is -2.07. The molecule has 0 amide bonds. The molecule has 1 N–H and O–H groups in total. The van der Waals surface area contributed by atoms with Crippen molar-refractivity contribution in [2.75, 3.05) is 18.6 Å². The van der Waals surface area contributed by atoms with Crippen LogP contribution in [0.5, 0.6) is 5.88 Å². The van der Waals surface area contributed by atoms with Crippen molar-refractivity contribution in [2.45, 2.75) is 6.42 Å². The van der Waals surface area contributed by atoms with E-state index in [0.717, 1.165) is 12.2 Å². The monoisotopic (exact) mass is 305 g/mol. The number of thioether (sulfide) groups is 1. The van der Waals surface area contributed by atoms with Crippen LogP contribution in [0.1, 0.15) is 16.8 Å². The van der Waals surface area contributed by atoms with E-state index in [1.54, 1.807) is 11.8 Å². The second-order valence-electron chi connectivity index (χ2n) is 3.01. The summed E-state index contributed by atoms with van der Waals surface area (Å²) in [5.41, 5.74) is 0.0820. The highest BCUT2D eigenvalue weighted by Crippen LogP contribution is 2.20. The van der Waals surface area contributed by atoms with Crippen molar-refractivity contribution in [3.8, 4) is 5.88 Å². The topological polar surface area (TPSA) is 59.4 Å². The number of hydrogen-bond donors (Lipinski definition) is 1. The molecule has 1 rings (SSSR count). The van der Waals surface area contributed by atoms with Crippen molar-refractivity contribution in [3.05, 3.63) is 22.3 Å². The summed E-state index contributed by atoms with van der Waals surface area (Å²) in [4.78, 5) is 14.9. The van der Waals surface area contributed by atoms with Crippen molar-refractivity contribution < 1.29 is 14.6 Å². The quantitative estimate of drug-likeness (QED) is 0.819. The van der Waals surface area contributed by atoms with Crippen molar-refractivity contribution in [3.63, 3.8) is 0 Å². The molecule has 88 valence electrons. The smallest absolute Gasteiger partial charge is 0.341 e. The number of halogens is 1. The van der Waals surface area contributed by atoms with E-state index in [0.29, 0.717) is 11.1 Å². The molecular weight excluding hydrogens is 294 g/mol. The maximum Gasteiger partial charge on any atom is 0.341 e. The fourth-order valence-electron chi connectivity index (χ4n) is 1.07. The first-order chi connectivity index (χ1) is 7.65. The molecule has 0 unspecified atom stereocenters. The van der Waals surface area contributed by atoms with E-state index >= 15 is 0 Å². The summed E-state index contributed by atoms with van der Waals surface area (Å²) >= 11 is 4.90. The van der Waals surface area contributed by atoms with Crippen LogP contribution in [0.15, 0.2) is 16.7 Å². The average Bonchev–Trinajstić information content (AvgIpc) is 2.26. The maximum atomic E-state index is 10.9. The molecule has 0 aliphatic carbocycles. The molecule has 4 nitrogen and oxygen atoms in total. The van der Waals surface area contributed by atoms with Gasteiger partial charge in [-0.1, -0.05) is 0 Å². The molecule has 6 heteroatoms. The summed E-state index contributed by atoms with van der Waals surface area (Å²) in [6.07, 6.45) is 4.41. The van der Waals surface area contributed by atoms with Gasteiger partial charge in [0.2, 0.25) is 5.88 Å². The van der Waals surface area contributed by atoms with Gasteiger partial charge in [-0.25, -0.2) is 9.78 Å². The minimum Gasteiger partial charge on any atom is -0.477 e. The third-order valence-corrected chi connectivity index (χ3v) is 2.91. The molecule has 0 aromatic carbocycles. The Balaban J connectivity index is 2.67. The molecule has 0 aliphatic heterocycles. The fourth-order valence-corrected chi connectivity index (χ4v) is 1.80. The first kappa shape index (κ1) is 13.3. The zero-order valence-corrected chi connectivity index (χ0v) is 11.2. The third kappa shape index (κ3) is 4.02. The van der Waals surface area contributed by atoms with Crippen molar-refractivity contribution >= 4 is 33.7 Å². The number of nitrogens with zero attached hydrogens (tertiary/aromatic N) is 1. The molecule has 0 atom stereocenters. The van der Waals surface area contributed by atoms with Crippen LogP contribution in [0.3, 0.4) is 0 Å². The highest BCUT2D eigenvalue weighted by Gasteiger charge is 2.13. The van der Waals surface area contributed by atoms with Crippen LogP contribution in [-0.4, -0.2) is 34.7 Å².